The monoisotopic (exact) mass is 448 g/mol. The predicted octanol–water partition coefficient (Wildman–Crippen LogP) is 4.55. The van der Waals surface area contributed by atoms with Crippen LogP contribution in [0, 0.1) is 0 Å². The van der Waals surface area contributed by atoms with Crippen molar-refractivity contribution in [1.29, 1.82) is 0 Å². The number of aryl methyl sites for hydroxylation is 1. The number of carbonyl (C=O) groups is 1. The summed E-state index contributed by atoms with van der Waals surface area (Å²) >= 11 is 0. The first-order valence-electron chi connectivity index (χ1n) is 9.87. The van der Waals surface area contributed by atoms with Crippen LogP contribution in [0.4, 0.5) is 13.2 Å². The standard InChI is InChI=1S/C23H23F3N2O4/c1-5-28-12-17(21(29)16-11-15(23(24,25)26)7-8-18(16)28)22(30)27-13(2)14-6-9-19(31-3)20(10-14)32-4/h6-13H,5H2,1-4H3,(H,27,30)/t13-/m1/s1. The van der Waals surface area contributed by atoms with Crippen LogP contribution in [0.3, 0.4) is 0 Å². The van der Waals surface area contributed by atoms with E-state index in [4.69, 9.17) is 9.47 Å². The highest BCUT2D eigenvalue weighted by Gasteiger charge is 2.31. The number of pyridine rings is 1. The summed E-state index contributed by atoms with van der Waals surface area (Å²) in [5, 5.41) is 2.57. The normalized spacial score (nSPS) is 12.5. The van der Waals surface area contributed by atoms with Gasteiger partial charge in [0.15, 0.2) is 11.5 Å². The fourth-order valence-electron chi connectivity index (χ4n) is 3.48. The lowest BCUT2D eigenvalue weighted by molar-refractivity contribution is -0.137. The molecule has 170 valence electrons. The largest absolute Gasteiger partial charge is 0.493 e. The lowest BCUT2D eigenvalue weighted by atomic mass is 10.1. The van der Waals surface area contributed by atoms with E-state index in [-0.39, 0.29) is 10.9 Å². The molecular weight excluding hydrogens is 425 g/mol. The topological polar surface area (TPSA) is 69.6 Å². The quantitative estimate of drug-likeness (QED) is 0.601. The zero-order valence-corrected chi connectivity index (χ0v) is 18.0. The maximum atomic E-state index is 13.2. The summed E-state index contributed by atoms with van der Waals surface area (Å²) in [6, 6.07) is 7.59. The number of nitrogens with one attached hydrogen (secondary N) is 1. The van der Waals surface area contributed by atoms with Crippen molar-refractivity contribution in [2.24, 2.45) is 0 Å². The Labute approximate surface area is 182 Å². The third-order valence-corrected chi connectivity index (χ3v) is 5.25. The number of rotatable bonds is 6. The summed E-state index contributed by atoms with van der Waals surface area (Å²) in [6.45, 7) is 3.86. The van der Waals surface area contributed by atoms with E-state index in [1.165, 1.54) is 26.5 Å². The number of amides is 1. The summed E-state index contributed by atoms with van der Waals surface area (Å²) in [7, 11) is 2.99. The summed E-state index contributed by atoms with van der Waals surface area (Å²) in [5.41, 5.74) is -0.901. The van der Waals surface area contributed by atoms with Crippen LogP contribution in [-0.4, -0.2) is 24.7 Å². The minimum absolute atomic E-state index is 0.159. The van der Waals surface area contributed by atoms with Crippen molar-refractivity contribution in [3.63, 3.8) is 0 Å². The van der Waals surface area contributed by atoms with Crippen LogP contribution in [0.5, 0.6) is 11.5 Å². The number of aromatic nitrogens is 1. The molecule has 0 fully saturated rings. The van der Waals surface area contributed by atoms with E-state index < -0.39 is 29.1 Å². The number of alkyl halides is 3. The van der Waals surface area contributed by atoms with Crippen molar-refractivity contribution in [2.75, 3.05) is 14.2 Å². The van der Waals surface area contributed by atoms with Gasteiger partial charge >= 0.3 is 6.18 Å². The van der Waals surface area contributed by atoms with Gasteiger partial charge in [-0.1, -0.05) is 6.07 Å². The van der Waals surface area contributed by atoms with Crippen molar-refractivity contribution in [2.45, 2.75) is 32.6 Å². The fourth-order valence-corrected chi connectivity index (χ4v) is 3.48. The Balaban J connectivity index is 2.00. The molecule has 0 spiro atoms. The second kappa shape index (κ2) is 8.94. The molecule has 1 heterocycles. The highest BCUT2D eigenvalue weighted by Crippen LogP contribution is 2.31. The fraction of sp³-hybridized carbons (Fsp3) is 0.304. The molecule has 3 rings (SSSR count). The van der Waals surface area contributed by atoms with Gasteiger partial charge in [-0.15, -0.1) is 0 Å². The van der Waals surface area contributed by atoms with Gasteiger partial charge in [-0.05, 0) is 49.7 Å². The second-order valence-electron chi connectivity index (χ2n) is 7.20. The maximum absolute atomic E-state index is 13.2. The van der Waals surface area contributed by atoms with Gasteiger partial charge in [0, 0.05) is 18.1 Å². The summed E-state index contributed by atoms with van der Waals surface area (Å²) in [5.74, 6) is 0.319. The van der Waals surface area contributed by atoms with E-state index in [1.807, 2.05) is 0 Å². The van der Waals surface area contributed by atoms with Gasteiger partial charge in [0.2, 0.25) is 5.43 Å². The van der Waals surface area contributed by atoms with Crippen molar-refractivity contribution in [3.05, 3.63) is 69.5 Å². The van der Waals surface area contributed by atoms with E-state index in [0.717, 1.165) is 12.1 Å². The summed E-state index contributed by atoms with van der Waals surface area (Å²) in [6.07, 6.45) is -3.23. The van der Waals surface area contributed by atoms with Gasteiger partial charge in [-0.2, -0.15) is 13.2 Å². The van der Waals surface area contributed by atoms with Crippen LogP contribution in [0.1, 0.15) is 41.4 Å². The second-order valence-corrected chi connectivity index (χ2v) is 7.20. The average Bonchev–Trinajstić information content (AvgIpc) is 2.77. The van der Waals surface area contributed by atoms with Crippen LogP contribution in [0.25, 0.3) is 10.9 Å². The molecule has 0 radical (unpaired) electrons. The number of ether oxygens (including phenoxy) is 2. The SMILES string of the molecule is CCn1cc(C(=O)N[C@H](C)c2ccc(OC)c(OC)c2)c(=O)c2cc(C(F)(F)F)ccc21. The molecule has 3 aromatic rings. The first-order valence-corrected chi connectivity index (χ1v) is 9.87. The molecule has 0 aliphatic carbocycles. The van der Waals surface area contributed by atoms with Gasteiger partial charge in [0.1, 0.15) is 5.56 Å². The molecule has 0 saturated heterocycles. The molecule has 1 atom stereocenters. The average molecular weight is 448 g/mol. The molecule has 1 aromatic heterocycles. The highest BCUT2D eigenvalue weighted by atomic mass is 19.4. The number of carbonyl (C=O) groups excluding carboxylic acids is 1. The smallest absolute Gasteiger partial charge is 0.416 e. The van der Waals surface area contributed by atoms with Gasteiger partial charge in [-0.3, -0.25) is 9.59 Å². The minimum Gasteiger partial charge on any atom is -0.493 e. The van der Waals surface area contributed by atoms with Crippen molar-refractivity contribution in [1.82, 2.24) is 9.88 Å². The van der Waals surface area contributed by atoms with Crippen LogP contribution in [0.15, 0.2) is 47.4 Å². The molecule has 0 aliphatic heterocycles. The van der Waals surface area contributed by atoms with Crippen molar-refractivity contribution < 1.29 is 27.4 Å². The van der Waals surface area contributed by atoms with Crippen LogP contribution in [-0.2, 0) is 12.7 Å². The number of hydrogen-bond donors (Lipinski definition) is 1. The van der Waals surface area contributed by atoms with Crippen LogP contribution < -0.4 is 20.2 Å². The Morgan fingerprint density at radius 3 is 2.38 bits per heavy atom. The number of fused-ring (bicyclic) bond motifs is 1. The maximum Gasteiger partial charge on any atom is 0.416 e. The molecule has 6 nitrogen and oxygen atoms in total. The molecular formula is C23H23F3N2O4. The molecule has 9 heteroatoms. The molecule has 0 saturated carbocycles. The number of nitrogens with zero attached hydrogens (tertiary/aromatic N) is 1. The van der Waals surface area contributed by atoms with E-state index in [0.29, 0.717) is 29.1 Å². The zero-order chi connectivity index (χ0) is 23.6. The number of halogens is 3. The molecule has 0 bridgehead atoms. The van der Waals surface area contributed by atoms with Crippen LogP contribution in [0.2, 0.25) is 0 Å². The van der Waals surface area contributed by atoms with E-state index in [2.05, 4.69) is 5.32 Å². The Morgan fingerprint density at radius 2 is 1.78 bits per heavy atom. The van der Waals surface area contributed by atoms with Gasteiger partial charge in [0.05, 0.1) is 31.3 Å². The van der Waals surface area contributed by atoms with Crippen molar-refractivity contribution in [3.8, 4) is 11.5 Å². The molecule has 32 heavy (non-hydrogen) atoms. The van der Waals surface area contributed by atoms with Crippen LogP contribution >= 0.6 is 0 Å². The van der Waals surface area contributed by atoms with E-state index >= 15 is 0 Å². The van der Waals surface area contributed by atoms with E-state index in [9.17, 15) is 22.8 Å². The number of methoxy groups -OCH3 is 2. The Bertz CT molecular complexity index is 1220. The first-order chi connectivity index (χ1) is 15.1. The number of hydrogen-bond acceptors (Lipinski definition) is 4. The third kappa shape index (κ3) is 4.42. The van der Waals surface area contributed by atoms with Gasteiger partial charge in [0.25, 0.3) is 5.91 Å². The van der Waals surface area contributed by atoms with Crippen molar-refractivity contribution >= 4 is 16.8 Å². The van der Waals surface area contributed by atoms with Gasteiger partial charge < -0.3 is 19.4 Å². The van der Waals surface area contributed by atoms with E-state index in [1.54, 1.807) is 36.6 Å². The highest BCUT2D eigenvalue weighted by molar-refractivity contribution is 5.97. The lowest BCUT2D eigenvalue weighted by Crippen LogP contribution is -2.32. The molecule has 0 unspecified atom stereocenters. The molecule has 0 aliphatic rings. The summed E-state index contributed by atoms with van der Waals surface area (Å²) < 4.78 is 51.5. The molecule has 1 N–H and O–H groups in total. The Kier molecular flexibility index (Phi) is 6.47. The molecule has 1 amide bonds. The minimum atomic E-state index is -4.60. The lowest BCUT2D eigenvalue weighted by Gasteiger charge is -2.18. The summed E-state index contributed by atoms with van der Waals surface area (Å²) in [4.78, 5) is 25.9. The zero-order valence-electron chi connectivity index (χ0n) is 18.0. The Hall–Kier alpha value is -3.49. The first kappa shape index (κ1) is 23.2. The molecule has 2 aromatic carbocycles. The third-order valence-electron chi connectivity index (χ3n) is 5.25. The van der Waals surface area contributed by atoms with Gasteiger partial charge in [-0.25, -0.2) is 0 Å². The predicted molar refractivity (Wildman–Crippen MR) is 114 cm³/mol. The number of benzene rings is 2. The Morgan fingerprint density at radius 1 is 1.09 bits per heavy atom.